The fourth-order valence-corrected chi connectivity index (χ4v) is 1.29. The maximum absolute atomic E-state index is 11.5. The van der Waals surface area contributed by atoms with E-state index < -0.39 is 11.0 Å². The monoisotopic (exact) mass is 263 g/mol. The van der Waals surface area contributed by atoms with Gasteiger partial charge < -0.3 is 10.6 Å². The molecule has 0 bridgehead atoms. The first kappa shape index (κ1) is 12.4. The minimum atomic E-state index is -0.539. The van der Waals surface area contributed by atoms with Gasteiger partial charge in [0.15, 0.2) is 5.82 Å². The number of carbonyl (C=O) groups excluding carboxylic acids is 1. The zero-order valence-corrected chi connectivity index (χ0v) is 9.53. The summed E-state index contributed by atoms with van der Waals surface area (Å²) >= 11 is 0. The van der Waals surface area contributed by atoms with Crippen LogP contribution in [-0.2, 0) is 6.54 Å². The summed E-state index contributed by atoms with van der Waals surface area (Å²) in [6.07, 6.45) is 0. The van der Waals surface area contributed by atoms with Crippen LogP contribution >= 0.6 is 0 Å². The van der Waals surface area contributed by atoms with E-state index in [1.54, 1.807) is 6.07 Å². The number of hydrogen-bond acceptors (Lipinski definition) is 6. The molecule has 0 fully saturated rings. The summed E-state index contributed by atoms with van der Waals surface area (Å²) in [5.74, 6) is 0.328. The van der Waals surface area contributed by atoms with Gasteiger partial charge in [0.05, 0.1) is 11.5 Å². The molecular formula is C9H9N7O3. The predicted octanol–water partition coefficient (Wildman–Crippen LogP) is 0.430. The highest BCUT2D eigenvalue weighted by Gasteiger charge is 2.08. The van der Waals surface area contributed by atoms with Crippen LogP contribution in [0.25, 0.3) is 0 Å². The Balaban J connectivity index is 1.91. The minimum Gasteiger partial charge on any atom is -0.330 e. The molecule has 0 aliphatic rings. The molecule has 1 aromatic heterocycles. The van der Waals surface area contributed by atoms with Crippen molar-refractivity contribution < 1.29 is 9.72 Å². The first-order valence-electron chi connectivity index (χ1n) is 5.17. The number of H-pyrrole nitrogens is 1. The molecule has 1 aromatic carbocycles. The Hall–Kier alpha value is -3.04. The van der Waals surface area contributed by atoms with E-state index >= 15 is 0 Å². The van der Waals surface area contributed by atoms with Crippen molar-refractivity contribution in [1.29, 1.82) is 0 Å². The fourth-order valence-electron chi connectivity index (χ4n) is 1.29. The summed E-state index contributed by atoms with van der Waals surface area (Å²) < 4.78 is 0. The first-order chi connectivity index (χ1) is 9.15. The van der Waals surface area contributed by atoms with E-state index in [2.05, 4.69) is 31.3 Å². The molecule has 0 saturated heterocycles. The standard InChI is InChI=1S/C9H9N7O3/c17-9(10-5-8-12-14-15-13-8)11-6-2-1-3-7(4-6)16(18)19/h1-4H,5H2,(H2,10,11,17)(H,12,13,14,15). The normalized spacial score (nSPS) is 9.89. The van der Waals surface area contributed by atoms with Crippen molar-refractivity contribution in [2.75, 3.05) is 5.32 Å². The smallest absolute Gasteiger partial charge is 0.319 e. The number of nitro benzene ring substituents is 1. The summed E-state index contributed by atoms with van der Waals surface area (Å²) in [7, 11) is 0. The van der Waals surface area contributed by atoms with Gasteiger partial charge in [-0.1, -0.05) is 11.3 Å². The second-order valence-electron chi connectivity index (χ2n) is 3.44. The van der Waals surface area contributed by atoms with Gasteiger partial charge in [-0.05, 0) is 6.07 Å². The van der Waals surface area contributed by atoms with Gasteiger partial charge in [-0.2, -0.15) is 5.21 Å². The summed E-state index contributed by atoms with van der Waals surface area (Å²) in [4.78, 5) is 21.5. The lowest BCUT2D eigenvalue weighted by Gasteiger charge is -2.05. The van der Waals surface area contributed by atoms with Gasteiger partial charge >= 0.3 is 6.03 Å². The van der Waals surface area contributed by atoms with Crippen molar-refractivity contribution >= 4 is 17.4 Å². The number of hydrogen-bond donors (Lipinski definition) is 3. The van der Waals surface area contributed by atoms with E-state index in [0.717, 1.165) is 0 Å². The largest absolute Gasteiger partial charge is 0.330 e. The number of nitrogens with one attached hydrogen (secondary N) is 3. The third kappa shape index (κ3) is 3.46. The zero-order valence-electron chi connectivity index (χ0n) is 9.53. The van der Waals surface area contributed by atoms with Gasteiger partial charge in [-0.15, -0.1) is 10.2 Å². The van der Waals surface area contributed by atoms with Gasteiger partial charge in [0, 0.05) is 17.8 Å². The van der Waals surface area contributed by atoms with Crippen LogP contribution in [0.2, 0.25) is 0 Å². The Morgan fingerprint density at radius 2 is 2.32 bits per heavy atom. The third-order valence-electron chi connectivity index (χ3n) is 2.11. The topological polar surface area (TPSA) is 139 Å². The fraction of sp³-hybridized carbons (Fsp3) is 0.111. The maximum atomic E-state index is 11.5. The summed E-state index contributed by atoms with van der Waals surface area (Å²) in [6, 6.07) is 5.09. The van der Waals surface area contributed by atoms with Gasteiger partial charge in [-0.3, -0.25) is 10.1 Å². The Bertz CT molecular complexity index is 583. The Morgan fingerprint density at radius 1 is 1.47 bits per heavy atom. The molecule has 0 unspecified atom stereocenters. The quantitative estimate of drug-likeness (QED) is 0.540. The van der Waals surface area contributed by atoms with Crippen molar-refractivity contribution in [1.82, 2.24) is 25.9 Å². The van der Waals surface area contributed by atoms with E-state index in [1.807, 2.05) is 0 Å². The molecular weight excluding hydrogens is 254 g/mol. The van der Waals surface area contributed by atoms with Gasteiger partial charge in [0.25, 0.3) is 5.69 Å². The van der Waals surface area contributed by atoms with Gasteiger partial charge in [0.1, 0.15) is 0 Å². The molecule has 0 aliphatic heterocycles. The number of carbonyl (C=O) groups is 1. The number of urea groups is 1. The number of aromatic nitrogens is 4. The van der Waals surface area contributed by atoms with E-state index in [0.29, 0.717) is 11.5 Å². The molecule has 10 heteroatoms. The highest BCUT2D eigenvalue weighted by Crippen LogP contribution is 2.16. The van der Waals surface area contributed by atoms with Crippen molar-refractivity contribution in [3.05, 3.63) is 40.2 Å². The van der Waals surface area contributed by atoms with E-state index in [9.17, 15) is 14.9 Å². The molecule has 3 N–H and O–H groups in total. The molecule has 0 aliphatic carbocycles. The number of non-ortho nitro benzene ring substituents is 1. The molecule has 1 heterocycles. The summed E-state index contributed by atoms with van der Waals surface area (Å²) in [6.45, 7) is 0.0945. The van der Waals surface area contributed by atoms with Crippen molar-refractivity contribution in [3.63, 3.8) is 0 Å². The molecule has 2 aromatic rings. The molecule has 0 radical (unpaired) electrons. The Labute approximate surface area is 106 Å². The van der Waals surface area contributed by atoms with Crippen LogP contribution in [0.15, 0.2) is 24.3 Å². The number of aromatic amines is 1. The molecule has 2 rings (SSSR count). The molecule has 98 valence electrons. The average molecular weight is 263 g/mol. The number of benzene rings is 1. The Morgan fingerprint density at radius 3 is 3.00 bits per heavy atom. The summed E-state index contributed by atoms with van der Waals surface area (Å²) in [5, 5.41) is 28.4. The van der Waals surface area contributed by atoms with E-state index in [4.69, 9.17) is 0 Å². The number of tetrazole rings is 1. The highest BCUT2D eigenvalue weighted by molar-refractivity contribution is 5.89. The highest BCUT2D eigenvalue weighted by atomic mass is 16.6. The lowest BCUT2D eigenvalue weighted by Crippen LogP contribution is -2.28. The maximum Gasteiger partial charge on any atom is 0.319 e. The lowest BCUT2D eigenvalue weighted by atomic mass is 10.3. The second kappa shape index (κ2) is 5.53. The lowest BCUT2D eigenvalue weighted by molar-refractivity contribution is -0.384. The van der Waals surface area contributed by atoms with Gasteiger partial charge in [0.2, 0.25) is 0 Å². The third-order valence-corrected chi connectivity index (χ3v) is 2.11. The van der Waals surface area contributed by atoms with Crippen LogP contribution in [0.1, 0.15) is 5.82 Å². The predicted molar refractivity (Wildman–Crippen MR) is 63.1 cm³/mol. The number of rotatable bonds is 4. The van der Waals surface area contributed by atoms with Crippen LogP contribution < -0.4 is 10.6 Å². The minimum absolute atomic E-state index is 0.0945. The van der Waals surface area contributed by atoms with Crippen LogP contribution in [0, 0.1) is 10.1 Å². The van der Waals surface area contributed by atoms with Gasteiger partial charge in [-0.25, -0.2) is 4.79 Å². The van der Waals surface area contributed by atoms with Crippen LogP contribution in [0.3, 0.4) is 0 Å². The van der Waals surface area contributed by atoms with Crippen molar-refractivity contribution in [3.8, 4) is 0 Å². The van der Waals surface area contributed by atoms with Crippen LogP contribution in [0.5, 0.6) is 0 Å². The average Bonchev–Trinajstić information content (AvgIpc) is 2.90. The molecule has 10 nitrogen and oxygen atoms in total. The Kier molecular flexibility index (Phi) is 3.61. The van der Waals surface area contributed by atoms with Crippen molar-refractivity contribution in [2.45, 2.75) is 6.54 Å². The van der Waals surface area contributed by atoms with Crippen LogP contribution in [0.4, 0.5) is 16.2 Å². The SMILES string of the molecule is O=C(NCc1nn[nH]n1)Nc1cccc([N+](=O)[O-])c1. The van der Waals surface area contributed by atoms with Crippen LogP contribution in [-0.4, -0.2) is 31.6 Å². The molecule has 0 spiro atoms. The zero-order chi connectivity index (χ0) is 13.7. The molecule has 2 amide bonds. The summed E-state index contributed by atoms with van der Waals surface area (Å²) in [5.41, 5.74) is 0.218. The van der Waals surface area contributed by atoms with E-state index in [-0.39, 0.29) is 12.2 Å². The molecule has 0 atom stereocenters. The number of anilines is 1. The number of nitrogens with zero attached hydrogens (tertiary/aromatic N) is 4. The van der Waals surface area contributed by atoms with E-state index in [1.165, 1.54) is 18.2 Å². The van der Waals surface area contributed by atoms with Crippen molar-refractivity contribution in [2.24, 2.45) is 0 Å². The first-order valence-corrected chi connectivity index (χ1v) is 5.17. The molecule has 0 saturated carbocycles. The second-order valence-corrected chi connectivity index (χ2v) is 3.44. The number of amides is 2. The number of nitro groups is 1. The molecule has 19 heavy (non-hydrogen) atoms.